The molecule has 0 bridgehead atoms. The lowest BCUT2D eigenvalue weighted by Gasteiger charge is -2.23. The molecule has 210 valence electrons. The summed E-state index contributed by atoms with van der Waals surface area (Å²) in [6.45, 7) is 8.54. The van der Waals surface area contributed by atoms with Crippen LogP contribution in [0.3, 0.4) is 0 Å². The molecule has 9 heteroatoms. The van der Waals surface area contributed by atoms with Gasteiger partial charge in [-0.25, -0.2) is 4.98 Å². The lowest BCUT2D eigenvalue weighted by atomic mass is 10.1. The van der Waals surface area contributed by atoms with Crippen molar-refractivity contribution < 1.29 is 14.1 Å². The molecule has 1 aliphatic rings. The molecule has 0 radical (unpaired) electrons. The Labute approximate surface area is 239 Å². The van der Waals surface area contributed by atoms with Crippen LogP contribution in [0.1, 0.15) is 73.7 Å². The van der Waals surface area contributed by atoms with E-state index in [4.69, 9.17) is 4.52 Å². The van der Waals surface area contributed by atoms with Crippen LogP contribution in [0.2, 0.25) is 0 Å². The largest absolute Gasteiger partial charge is 0.361 e. The maximum Gasteiger partial charge on any atom is 0.254 e. The zero-order chi connectivity index (χ0) is 28.3. The third kappa shape index (κ3) is 8.34. The second-order valence-electron chi connectivity index (χ2n) is 9.93. The summed E-state index contributed by atoms with van der Waals surface area (Å²) < 4.78 is 5.03. The van der Waals surface area contributed by atoms with Crippen LogP contribution in [-0.2, 0) is 6.54 Å². The van der Waals surface area contributed by atoms with E-state index < -0.39 is 0 Å². The van der Waals surface area contributed by atoms with Crippen LogP contribution in [0.4, 0.5) is 0 Å². The minimum absolute atomic E-state index is 0.0161. The maximum atomic E-state index is 13.2. The highest BCUT2D eigenvalue weighted by Gasteiger charge is 2.32. The Hall–Kier alpha value is -3.82. The van der Waals surface area contributed by atoms with Crippen LogP contribution in [0, 0.1) is 20.8 Å². The molecule has 0 saturated carbocycles. The molecule has 3 heterocycles. The first-order valence-corrected chi connectivity index (χ1v) is 14.5. The molecule has 8 nitrogen and oxygen atoms in total. The van der Waals surface area contributed by atoms with Crippen LogP contribution in [0.15, 0.2) is 70.6 Å². The molecule has 1 unspecified atom stereocenters. The molecule has 1 atom stereocenters. The van der Waals surface area contributed by atoms with E-state index in [-0.39, 0.29) is 17.9 Å². The smallest absolute Gasteiger partial charge is 0.254 e. The van der Waals surface area contributed by atoms with Crippen molar-refractivity contribution in [3.63, 3.8) is 0 Å². The fraction of sp³-hybridized carbons (Fsp3) is 0.355. The number of likely N-dealkylation sites (tertiary alicyclic amines) is 1. The number of nitrogens with zero attached hydrogens (tertiary/aromatic N) is 3. The number of aryl methyl sites for hydroxylation is 3. The van der Waals surface area contributed by atoms with Gasteiger partial charge in [-0.1, -0.05) is 47.1 Å². The van der Waals surface area contributed by atoms with E-state index in [1.807, 2.05) is 48.4 Å². The fourth-order valence-electron chi connectivity index (χ4n) is 4.52. The number of carbonyl (C=O) groups is 2. The number of aromatic nitrogens is 2. The summed E-state index contributed by atoms with van der Waals surface area (Å²) in [7, 11) is 0. The van der Waals surface area contributed by atoms with Gasteiger partial charge in [0.25, 0.3) is 11.8 Å². The van der Waals surface area contributed by atoms with E-state index in [9.17, 15) is 9.59 Å². The monoisotopic (exact) mass is 559 g/mol. The van der Waals surface area contributed by atoms with Crippen molar-refractivity contribution in [2.45, 2.75) is 52.6 Å². The van der Waals surface area contributed by atoms with Crippen molar-refractivity contribution in [3.8, 4) is 0 Å². The van der Waals surface area contributed by atoms with Crippen molar-refractivity contribution in [1.29, 1.82) is 0 Å². The predicted molar refractivity (Wildman–Crippen MR) is 157 cm³/mol. The van der Waals surface area contributed by atoms with Crippen molar-refractivity contribution >= 4 is 23.2 Å². The van der Waals surface area contributed by atoms with E-state index in [0.717, 1.165) is 48.0 Å². The van der Waals surface area contributed by atoms with Crippen LogP contribution < -0.4 is 10.6 Å². The molecule has 1 fully saturated rings. The highest BCUT2D eigenvalue weighted by molar-refractivity contribution is 7.09. The molecule has 2 N–H and O–H groups in total. The van der Waals surface area contributed by atoms with E-state index in [0.29, 0.717) is 30.8 Å². The highest BCUT2D eigenvalue weighted by atomic mass is 32.1. The molecular formula is C31H37N5O3S. The Balaban J connectivity index is 0.000000461. The van der Waals surface area contributed by atoms with Crippen LogP contribution in [-0.4, -0.2) is 46.5 Å². The van der Waals surface area contributed by atoms with Gasteiger partial charge in [0.15, 0.2) is 0 Å². The molecule has 0 spiro atoms. The average Bonchev–Trinajstić information content (AvgIpc) is 3.72. The summed E-state index contributed by atoms with van der Waals surface area (Å²) >= 11 is 1.60. The molecule has 5 rings (SSSR count). The van der Waals surface area contributed by atoms with Gasteiger partial charge < -0.3 is 20.1 Å². The Bertz CT molecular complexity index is 1380. The molecular weight excluding hydrogens is 522 g/mol. The number of amides is 2. The molecule has 0 aliphatic carbocycles. The number of hydrogen-bond acceptors (Lipinski definition) is 7. The second kappa shape index (κ2) is 14.5. The second-order valence-corrected chi connectivity index (χ2v) is 10.8. The number of thiazole rings is 1. The lowest BCUT2D eigenvalue weighted by Crippen LogP contribution is -2.31. The van der Waals surface area contributed by atoms with Crippen molar-refractivity contribution in [2.75, 3.05) is 19.6 Å². The first-order valence-electron chi connectivity index (χ1n) is 13.7. The number of carbonyl (C=O) groups excluding carboxylic acids is 2. The van der Waals surface area contributed by atoms with Gasteiger partial charge in [0.2, 0.25) is 0 Å². The van der Waals surface area contributed by atoms with Gasteiger partial charge in [-0.3, -0.25) is 9.59 Å². The SMILES string of the molecule is Cc1ccccc1.Cc1csc(C2CCCN2C(=O)c2cccc(C(=O)NCCCNCc3cc(C)on3)c2)n1. The first kappa shape index (κ1) is 29.2. The lowest BCUT2D eigenvalue weighted by molar-refractivity contribution is 0.0735. The molecule has 2 aromatic carbocycles. The Morgan fingerprint density at radius 3 is 2.50 bits per heavy atom. The summed E-state index contributed by atoms with van der Waals surface area (Å²) in [4.78, 5) is 32.3. The number of benzene rings is 2. The zero-order valence-electron chi connectivity index (χ0n) is 23.4. The van der Waals surface area contributed by atoms with Crippen LogP contribution in [0.5, 0.6) is 0 Å². The molecule has 1 saturated heterocycles. The van der Waals surface area contributed by atoms with Gasteiger partial charge in [0, 0.05) is 47.9 Å². The normalized spacial score (nSPS) is 14.5. The molecule has 40 heavy (non-hydrogen) atoms. The highest BCUT2D eigenvalue weighted by Crippen LogP contribution is 2.34. The van der Waals surface area contributed by atoms with E-state index >= 15 is 0 Å². The number of hydrogen-bond donors (Lipinski definition) is 2. The number of nitrogens with one attached hydrogen (secondary N) is 2. The van der Waals surface area contributed by atoms with Gasteiger partial charge in [0.05, 0.1) is 11.7 Å². The molecule has 2 amide bonds. The third-order valence-electron chi connectivity index (χ3n) is 6.55. The van der Waals surface area contributed by atoms with E-state index in [2.05, 4.69) is 39.8 Å². The predicted octanol–water partition coefficient (Wildman–Crippen LogP) is 5.63. The quantitative estimate of drug-likeness (QED) is 0.258. The van der Waals surface area contributed by atoms with Gasteiger partial charge in [-0.05, 0) is 64.8 Å². The topological polar surface area (TPSA) is 100 Å². The van der Waals surface area contributed by atoms with Gasteiger partial charge in [-0.15, -0.1) is 11.3 Å². The Morgan fingerprint density at radius 2 is 1.82 bits per heavy atom. The molecule has 2 aromatic heterocycles. The van der Waals surface area contributed by atoms with Gasteiger partial charge >= 0.3 is 0 Å². The fourth-order valence-corrected chi connectivity index (χ4v) is 5.46. The average molecular weight is 560 g/mol. The number of rotatable bonds is 9. The van der Waals surface area contributed by atoms with Crippen molar-refractivity contribution in [1.82, 2.24) is 25.7 Å². The summed E-state index contributed by atoms with van der Waals surface area (Å²) in [5, 5.41) is 13.1. The summed E-state index contributed by atoms with van der Waals surface area (Å²) in [6, 6.07) is 19.1. The standard InChI is InChI=1S/C24H29N5O3S.C7H8/c1-16-15-33-23(27-16)21-8-4-11-29(21)24(31)19-7-3-6-18(13-19)22(30)26-10-5-9-25-14-20-12-17(2)32-28-20;1-7-5-3-2-4-6-7/h3,6-7,12-13,15,21,25H,4-5,8-11,14H2,1-2H3,(H,26,30);2-6H,1H3. The minimum Gasteiger partial charge on any atom is -0.361 e. The van der Waals surface area contributed by atoms with Crippen LogP contribution >= 0.6 is 11.3 Å². The Morgan fingerprint density at radius 1 is 1.02 bits per heavy atom. The van der Waals surface area contributed by atoms with Gasteiger partial charge in [-0.2, -0.15) is 0 Å². The molecule has 1 aliphatic heterocycles. The van der Waals surface area contributed by atoms with Crippen molar-refractivity contribution in [3.05, 3.63) is 105 Å². The minimum atomic E-state index is -0.176. The Kier molecular flexibility index (Phi) is 10.6. The van der Waals surface area contributed by atoms with E-state index in [1.54, 1.807) is 35.6 Å². The summed E-state index contributed by atoms with van der Waals surface area (Å²) in [5.41, 5.74) is 4.20. The van der Waals surface area contributed by atoms with E-state index in [1.165, 1.54) is 5.56 Å². The zero-order valence-corrected chi connectivity index (χ0v) is 24.2. The summed E-state index contributed by atoms with van der Waals surface area (Å²) in [5.74, 6) is 0.566. The molecule has 4 aromatic rings. The van der Waals surface area contributed by atoms with Gasteiger partial charge in [0.1, 0.15) is 10.8 Å². The summed E-state index contributed by atoms with van der Waals surface area (Å²) in [6.07, 6.45) is 2.66. The van der Waals surface area contributed by atoms with Crippen LogP contribution in [0.25, 0.3) is 0 Å². The van der Waals surface area contributed by atoms with Crippen molar-refractivity contribution in [2.24, 2.45) is 0 Å². The first-order chi connectivity index (χ1) is 19.4. The maximum absolute atomic E-state index is 13.2. The third-order valence-corrected chi connectivity index (χ3v) is 7.61.